The number of methoxy groups -OCH3 is 1. The summed E-state index contributed by atoms with van der Waals surface area (Å²) in [6, 6.07) is 12.2. The monoisotopic (exact) mass is 342 g/mol. The summed E-state index contributed by atoms with van der Waals surface area (Å²) >= 11 is 0. The molecule has 1 aliphatic rings. The second-order valence-corrected chi connectivity index (χ2v) is 6.69. The molecule has 0 bridgehead atoms. The fourth-order valence-electron chi connectivity index (χ4n) is 3.24. The molecule has 5 heteroatoms. The van der Waals surface area contributed by atoms with E-state index in [9.17, 15) is 4.79 Å². The van der Waals surface area contributed by atoms with Gasteiger partial charge in [0.2, 0.25) is 0 Å². The van der Waals surface area contributed by atoms with Crippen LogP contribution in [0, 0.1) is 0 Å². The molecular formula is C20H26N2O3. The van der Waals surface area contributed by atoms with Gasteiger partial charge in [-0.3, -0.25) is 0 Å². The van der Waals surface area contributed by atoms with Crippen LogP contribution >= 0.6 is 0 Å². The summed E-state index contributed by atoms with van der Waals surface area (Å²) in [5.41, 5.74) is 1.10. The van der Waals surface area contributed by atoms with Crippen molar-refractivity contribution < 1.29 is 14.3 Å². The average molecular weight is 342 g/mol. The molecule has 2 aromatic rings. The summed E-state index contributed by atoms with van der Waals surface area (Å²) in [4.78, 5) is 14.1. The number of carbonyl (C=O) groups excluding carboxylic acids is 1. The van der Waals surface area contributed by atoms with Gasteiger partial charge in [0, 0.05) is 20.2 Å². The van der Waals surface area contributed by atoms with Crippen LogP contribution in [0.1, 0.15) is 25.3 Å². The number of nitrogens with zero attached hydrogens (tertiary/aromatic N) is 1. The molecule has 1 heterocycles. The van der Waals surface area contributed by atoms with Crippen LogP contribution in [0.2, 0.25) is 0 Å². The van der Waals surface area contributed by atoms with Crippen molar-refractivity contribution >= 4 is 16.8 Å². The van der Waals surface area contributed by atoms with Gasteiger partial charge >= 0.3 is 6.03 Å². The number of hydrogen-bond acceptors (Lipinski definition) is 3. The summed E-state index contributed by atoms with van der Waals surface area (Å²) in [5.74, 6) is 0.847. The first kappa shape index (κ1) is 17.5. The molecule has 2 amide bonds. The first-order chi connectivity index (χ1) is 12.1. The molecule has 25 heavy (non-hydrogen) atoms. The van der Waals surface area contributed by atoms with Gasteiger partial charge in [0.15, 0.2) is 0 Å². The molecule has 2 atom stereocenters. The fourth-order valence-corrected chi connectivity index (χ4v) is 3.24. The molecule has 1 N–H and O–H groups in total. The number of amides is 2. The molecular weight excluding hydrogens is 316 g/mol. The third-order valence-corrected chi connectivity index (χ3v) is 4.75. The van der Waals surface area contributed by atoms with Crippen LogP contribution in [-0.4, -0.2) is 43.8 Å². The lowest BCUT2D eigenvalue weighted by molar-refractivity contribution is 0.0838. The number of benzene rings is 2. The summed E-state index contributed by atoms with van der Waals surface area (Å²) in [6.07, 6.45) is 2.22. The van der Waals surface area contributed by atoms with Crippen LogP contribution in [0.4, 0.5) is 4.79 Å². The van der Waals surface area contributed by atoms with Crippen molar-refractivity contribution in [1.29, 1.82) is 0 Å². The molecule has 1 fully saturated rings. The van der Waals surface area contributed by atoms with Gasteiger partial charge in [-0.15, -0.1) is 0 Å². The molecule has 0 radical (unpaired) electrons. The van der Waals surface area contributed by atoms with E-state index >= 15 is 0 Å². The Balaban J connectivity index is 1.62. The van der Waals surface area contributed by atoms with Gasteiger partial charge in [0.05, 0.1) is 19.3 Å². The number of nitrogens with one attached hydrogen (secondary N) is 1. The molecule has 0 unspecified atom stereocenters. The van der Waals surface area contributed by atoms with Crippen LogP contribution in [-0.2, 0) is 11.3 Å². The Hall–Kier alpha value is -2.27. The van der Waals surface area contributed by atoms with E-state index in [1.54, 1.807) is 12.0 Å². The lowest BCUT2D eigenvalue weighted by Crippen LogP contribution is -2.46. The molecule has 1 aliphatic heterocycles. The molecule has 1 saturated heterocycles. The van der Waals surface area contributed by atoms with E-state index in [1.165, 1.54) is 0 Å². The maximum absolute atomic E-state index is 12.4. The Morgan fingerprint density at radius 3 is 2.80 bits per heavy atom. The van der Waals surface area contributed by atoms with Crippen molar-refractivity contribution in [3.05, 3.63) is 42.0 Å². The van der Waals surface area contributed by atoms with Gasteiger partial charge in [-0.1, -0.05) is 18.2 Å². The van der Waals surface area contributed by atoms with E-state index < -0.39 is 0 Å². The average Bonchev–Trinajstić information content (AvgIpc) is 3.16. The maximum atomic E-state index is 12.4. The zero-order valence-electron chi connectivity index (χ0n) is 15.1. The number of fused-ring (bicyclic) bond motifs is 1. The number of carbonyl (C=O) groups is 1. The molecule has 3 rings (SSSR count). The normalized spacial score (nSPS) is 18.1. The Labute approximate surface area is 148 Å². The van der Waals surface area contributed by atoms with Gasteiger partial charge < -0.3 is 19.7 Å². The predicted molar refractivity (Wildman–Crippen MR) is 98.9 cm³/mol. The first-order valence-corrected chi connectivity index (χ1v) is 8.77. The van der Waals surface area contributed by atoms with Crippen LogP contribution in [0.25, 0.3) is 10.8 Å². The van der Waals surface area contributed by atoms with Crippen LogP contribution in [0.3, 0.4) is 0 Å². The van der Waals surface area contributed by atoms with E-state index in [0.29, 0.717) is 6.54 Å². The van der Waals surface area contributed by atoms with Crippen molar-refractivity contribution in [2.75, 3.05) is 20.8 Å². The van der Waals surface area contributed by atoms with Crippen molar-refractivity contribution in [1.82, 2.24) is 10.2 Å². The minimum absolute atomic E-state index is 0.0292. The highest BCUT2D eigenvalue weighted by Gasteiger charge is 2.24. The Kier molecular flexibility index (Phi) is 5.43. The number of urea groups is 1. The molecule has 2 aromatic carbocycles. The summed E-state index contributed by atoms with van der Waals surface area (Å²) in [6.45, 7) is 3.36. The largest absolute Gasteiger partial charge is 0.497 e. The Bertz CT molecular complexity index is 741. The van der Waals surface area contributed by atoms with Gasteiger partial charge in [-0.05, 0) is 54.3 Å². The highest BCUT2D eigenvalue weighted by Crippen LogP contribution is 2.22. The van der Waals surface area contributed by atoms with Crippen LogP contribution < -0.4 is 10.1 Å². The van der Waals surface area contributed by atoms with Gasteiger partial charge in [0.1, 0.15) is 5.75 Å². The summed E-state index contributed by atoms with van der Waals surface area (Å²) in [5, 5.41) is 5.31. The minimum atomic E-state index is -0.0715. The topological polar surface area (TPSA) is 50.8 Å². The standard InChI is InChI=1S/C20H26N2O3/c1-14(19-5-4-10-25-19)21-20(23)22(2)13-15-6-7-17-12-18(24-3)9-8-16(17)11-15/h6-9,11-12,14,19H,4-5,10,13H2,1-3H3,(H,21,23)/t14-,19+/m1/s1. The highest BCUT2D eigenvalue weighted by molar-refractivity contribution is 5.84. The first-order valence-electron chi connectivity index (χ1n) is 8.77. The van der Waals surface area contributed by atoms with Crippen molar-refractivity contribution in [2.24, 2.45) is 0 Å². The number of hydrogen-bond donors (Lipinski definition) is 1. The molecule has 0 aromatic heterocycles. The summed E-state index contributed by atoms with van der Waals surface area (Å²) < 4.78 is 10.9. The number of rotatable bonds is 5. The van der Waals surface area contributed by atoms with Gasteiger partial charge in [-0.2, -0.15) is 0 Å². The third kappa shape index (κ3) is 4.23. The number of ether oxygens (including phenoxy) is 2. The van der Waals surface area contributed by atoms with Crippen LogP contribution in [0.5, 0.6) is 5.75 Å². The van der Waals surface area contributed by atoms with Crippen LogP contribution in [0.15, 0.2) is 36.4 Å². The zero-order chi connectivity index (χ0) is 17.8. The van der Waals surface area contributed by atoms with E-state index in [4.69, 9.17) is 9.47 Å². The fraction of sp³-hybridized carbons (Fsp3) is 0.450. The lowest BCUT2D eigenvalue weighted by Gasteiger charge is -2.24. The van der Waals surface area contributed by atoms with E-state index in [2.05, 4.69) is 23.5 Å². The van der Waals surface area contributed by atoms with Crippen molar-refractivity contribution in [3.8, 4) is 5.75 Å². The molecule has 0 saturated carbocycles. The highest BCUT2D eigenvalue weighted by atomic mass is 16.5. The zero-order valence-corrected chi connectivity index (χ0v) is 15.1. The smallest absolute Gasteiger partial charge is 0.317 e. The third-order valence-electron chi connectivity index (χ3n) is 4.75. The second-order valence-electron chi connectivity index (χ2n) is 6.69. The Morgan fingerprint density at radius 2 is 2.08 bits per heavy atom. The lowest BCUT2D eigenvalue weighted by atomic mass is 10.1. The van der Waals surface area contributed by atoms with Gasteiger partial charge in [-0.25, -0.2) is 4.79 Å². The van der Waals surface area contributed by atoms with Crippen molar-refractivity contribution in [3.63, 3.8) is 0 Å². The molecule has 5 nitrogen and oxygen atoms in total. The maximum Gasteiger partial charge on any atom is 0.317 e. The SMILES string of the molecule is COc1ccc2cc(CN(C)C(=O)N[C@H](C)[C@@H]3CCCO3)ccc2c1. The predicted octanol–water partition coefficient (Wildman–Crippen LogP) is 3.56. The molecule has 134 valence electrons. The minimum Gasteiger partial charge on any atom is -0.497 e. The molecule has 0 aliphatic carbocycles. The summed E-state index contributed by atoms with van der Waals surface area (Å²) in [7, 11) is 3.48. The second kappa shape index (κ2) is 7.74. The van der Waals surface area contributed by atoms with E-state index in [0.717, 1.165) is 41.5 Å². The van der Waals surface area contributed by atoms with Gasteiger partial charge in [0.25, 0.3) is 0 Å². The molecule has 0 spiro atoms. The van der Waals surface area contributed by atoms with E-state index in [-0.39, 0.29) is 18.2 Å². The van der Waals surface area contributed by atoms with E-state index in [1.807, 2.05) is 32.2 Å². The van der Waals surface area contributed by atoms with Crippen molar-refractivity contribution in [2.45, 2.75) is 38.5 Å². The Morgan fingerprint density at radius 1 is 1.32 bits per heavy atom. The quantitative estimate of drug-likeness (QED) is 0.904.